The third kappa shape index (κ3) is 4.54. The second-order valence-corrected chi connectivity index (χ2v) is 6.41. The number of benzene rings is 1. The molecular formula is C20H21N3O4. The summed E-state index contributed by atoms with van der Waals surface area (Å²) in [5.74, 6) is 0.189. The molecule has 0 bridgehead atoms. The van der Waals surface area contributed by atoms with Crippen LogP contribution in [0.1, 0.15) is 24.1 Å². The average molecular weight is 367 g/mol. The Morgan fingerprint density at radius 3 is 2.96 bits per heavy atom. The summed E-state index contributed by atoms with van der Waals surface area (Å²) < 4.78 is 11.1. The fourth-order valence-electron chi connectivity index (χ4n) is 3.05. The molecule has 1 aromatic carbocycles. The molecule has 1 amide bonds. The van der Waals surface area contributed by atoms with Crippen molar-refractivity contribution in [3.63, 3.8) is 0 Å². The number of nitrogens with one attached hydrogen (secondary N) is 2. The summed E-state index contributed by atoms with van der Waals surface area (Å²) in [6.45, 7) is 2.79. The number of H-pyrrole nitrogens is 1. The molecular weight excluding hydrogens is 346 g/mol. The maximum Gasteiger partial charge on any atom is 0.266 e. The predicted molar refractivity (Wildman–Crippen MR) is 99.4 cm³/mol. The number of hydrogen-bond acceptors (Lipinski definition) is 5. The van der Waals surface area contributed by atoms with E-state index in [2.05, 4.69) is 10.3 Å². The molecule has 3 rings (SSSR count). The zero-order valence-corrected chi connectivity index (χ0v) is 15.1. The number of pyridine rings is 1. The lowest BCUT2D eigenvalue weighted by molar-refractivity contribution is -0.123. The molecule has 0 saturated carbocycles. The van der Waals surface area contributed by atoms with Gasteiger partial charge in [-0.1, -0.05) is 18.2 Å². The summed E-state index contributed by atoms with van der Waals surface area (Å²) in [5.41, 5.74) is 1.28. The van der Waals surface area contributed by atoms with Crippen LogP contribution in [0.15, 0.2) is 35.1 Å². The average Bonchev–Trinajstić information content (AvgIpc) is 3.18. The van der Waals surface area contributed by atoms with Crippen LogP contribution in [0.3, 0.4) is 0 Å². The van der Waals surface area contributed by atoms with Gasteiger partial charge in [0, 0.05) is 30.0 Å². The van der Waals surface area contributed by atoms with Gasteiger partial charge in [0.15, 0.2) is 6.61 Å². The summed E-state index contributed by atoms with van der Waals surface area (Å²) in [6.07, 6.45) is 2.03. The number of carbonyl (C=O) groups excluding carboxylic acids is 1. The molecule has 27 heavy (non-hydrogen) atoms. The van der Waals surface area contributed by atoms with Crippen LogP contribution in [0, 0.1) is 18.3 Å². The largest absolute Gasteiger partial charge is 0.483 e. The molecule has 2 N–H and O–H groups in total. The van der Waals surface area contributed by atoms with E-state index >= 15 is 0 Å². The zero-order valence-electron chi connectivity index (χ0n) is 15.1. The van der Waals surface area contributed by atoms with Crippen molar-refractivity contribution in [3.8, 4) is 22.9 Å². The van der Waals surface area contributed by atoms with Gasteiger partial charge in [-0.2, -0.15) is 5.26 Å². The molecule has 1 aliphatic heterocycles. The fraction of sp³-hybridized carbons (Fsp3) is 0.350. The predicted octanol–water partition coefficient (Wildman–Crippen LogP) is 1.90. The Balaban J connectivity index is 1.74. The quantitative estimate of drug-likeness (QED) is 0.811. The molecule has 1 fully saturated rings. The molecule has 7 nitrogen and oxygen atoms in total. The molecule has 1 aromatic heterocycles. The van der Waals surface area contributed by atoms with Crippen LogP contribution in [0.25, 0.3) is 11.1 Å². The normalized spacial score (nSPS) is 15.9. The molecule has 1 aliphatic rings. The van der Waals surface area contributed by atoms with E-state index in [1.807, 2.05) is 6.07 Å². The number of amides is 1. The molecule has 1 saturated heterocycles. The summed E-state index contributed by atoms with van der Waals surface area (Å²) in [6, 6.07) is 10.7. The van der Waals surface area contributed by atoms with Gasteiger partial charge in [0.1, 0.15) is 17.4 Å². The number of aromatic nitrogens is 1. The van der Waals surface area contributed by atoms with Crippen LogP contribution in [0.4, 0.5) is 0 Å². The number of carbonyl (C=O) groups is 1. The van der Waals surface area contributed by atoms with E-state index in [4.69, 9.17) is 9.47 Å². The molecule has 1 atom stereocenters. The van der Waals surface area contributed by atoms with Crippen molar-refractivity contribution >= 4 is 5.91 Å². The van der Waals surface area contributed by atoms with Gasteiger partial charge in [0.25, 0.3) is 11.5 Å². The highest BCUT2D eigenvalue weighted by Gasteiger charge is 2.17. The second kappa shape index (κ2) is 8.52. The van der Waals surface area contributed by atoms with Crippen LogP contribution in [-0.2, 0) is 9.53 Å². The number of nitrogens with zero attached hydrogens (tertiary/aromatic N) is 1. The number of ether oxygens (including phenoxy) is 2. The highest BCUT2D eigenvalue weighted by atomic mass is 16.5. The molecule has 0 radical (unpaired) electrons. The molecule has 0 aliphatic carbocycles. The molecule has 1 unspecified atom stereocenters. The first-order valence-electron chi connectivity index (χ1n) is 8.83. The zero-order chi connectivity index (χ0) is 19.2. The van der Waals surface area contributed by atoms with E-state index in [0.29, 0.717) is 29.1 Å². The number of hydrogen-bond donors (Lipinski definition) is 2. The summed E-state index contributed by atoms with van der Waals surface area (Å²) in [4.78, 5) is 26.7. The number of aryl methyl sites for hydroxylation is 1. The van der Waals surface area contributed by atoms with Gasteiger partial charge < -0.3 is 19.8 Å². The van der Waals surface area contributed by atoms with E-state index < -0.39 is 5.56 Å². The second-order valence-electron chi connectivity index (χ2n) is 6.41. The Labute approximate surface area is 156 Å². The Bertz CT molecular complexity index is 924. The standard InChI is InChI=1S/C20H21N3O4/c1-13-9-16(17(10-21)20(25)23-13)15-6-2-3-7-18(15)27-12-19(24)22-11-14-5-4-8-26-14/h2-3,6-7,9,14H,4-5,8,11-12H2,1H3,(H,22,24)(H,23,25). The minimum Gasteiger partial charge on any atom is -0.483 e. The summed E-state index contributed by atoms with van der Waals surface area (Å²) in [5, 5.41) is 12.1. The smallest absolute Gasteiger partial charge is 0.266 e. The van der Waals surface area contributed by atoms with E-state index in [1.54, 1.807) is 37.3 Å². The first kappa shape index (κ1) is 18.7. The molecule has 0 spiro atoms. The van der Waals surface area contributed by atoms with Crippen LogP contribution < -0.4 is 15.6 Å². The Morgan fingerprint density at radius 2 is 2.22 bits per heavy atom. The van der Waals surface area contributed by atoms with E-state index in [-0.39, 0.29) is 24.2 Å². The molecule has 2 heterocycles. The van der Waals surface area contributed by atoms with Crippen molar-refractivity contribution < 1.29 is 14.3 Å². The van der Waals surface area contributed by atoms with Crippen LogP contribution in [-0.4, -0.2) is 36.8 Å². The van der Waals surface area contributed by atoms with Gasteiger partial charge in [-0.05, 0) is 31.9 Å². The molecule has 2 aromatic rings. The minimum absolute atomic E-state index is 0.0134. The Kier molecular flexibility index (Phi) is 5.89. The number of rotatable bonds is 6. The number of nitriles is 1. The third-order valence-corrected chi connectivity index (χ3v) is 4.37. The van der Waals surface area contributed by atoms with Crippen molar-refractivity contribution in [1.29, 1.82) is 5.26 Å². The van der Waals surface area contributed by atoms with Crippen LogP contribution >= 0.6 is 0 Å². The maximum absolute atomic E-state index is 12.1. The van der Waals surface area contributed by atoms with E-state index in [9.17, 15) is 14.9 Å². The van der Waals surface area contributed by atoms with Crippen molar-refractivity contribution in [2.45, 2.75) is 25.9 Å². The van der Waals surface area contributed by atoms with Crippen molar-refractivity contribution in [2.75, 3.05) is 19.8 Å². The lowest BCUT2D eigenvalue weighted by Crippen LogP contribution is -2.35. The molecule has 7 heteroatoms. The lowest BCUT2D eigenvalue weighted by atomic mass is 10.0. The van der Waals surface area contributed by atoms with Gasteiger partial charge in [0.05, 0.1) is 6.10 Å². The first-order chi connectivity index (χ1) is 13.1. The van der Waals surface area contributed by atoms with Crippen molar-refractivity contribution in [1.82, 2.24) is 10.3 Å². The van der Waals surface area contributed by atoms with E-state index in [0.717, 1.165) is 19.4 Å². The SMILES string of the molecule is Cc1cc(-c2ccccc2OCC(=O)NCC2CCCO2)c(C#N)c(=O)[nH]1. The van der Waals surface area contributed by atoms with Gasteiger partial charge in [-0.15, -0.1) is 0 Å². The highest BCUT2D eigenvalue weighted by molar-refractivity contribution is 5.79. The van der Waals surface area contributed by atoms with E-state index in [1.165, 1.54) is 0 Å². The number of para-hydroxylation sites is 1. The van der Waals surface area contributed by atoms with Gasteiger partial charge in [-0.3, -0.25) is 9.59 Å². The highest BCUT2D eigenvalue weighted by Crippen LogP contribution is 2.31. The minimum atomic E-state index is -0.448. The first-order valence-corrected chi connectivity index (χ1v) is 8.83. The van der Waals surface area contributed by atoms with Crippen molar-refractivity contribution in [3.05, 3.63) is 51.9 Å². The van der Waals surface area contributed by atoms with Gasteiger partial charge in [0.2, 0.25) is 0 Å². The lowest BCUT2D eigenvalue weighted by Gasteiger charge is -2.14. The molecule has 140 valence electrons. The monoisotopic (exact) mass is 367 g/mol. The van der Waals surface area contributed by atoms with Crippen molar-refractivity contribution in [2.24, 2.45) is 0 Å². The van der Waals surface area contributed by atoms with Gasteiger partial charge in [-0.25, -0.2) is 0 Å². The number of aromatic amines is 1. The van der Waals surface area contributed by atoms with Gasteiger partial charge >= 0.3 is 0 Å². The maximum atomic E-state index is 12.1. The topological polar surface area (TPSA) is 104 Å². The van der Waals surface area contributed by atoms with Crippen LogP contribution in [0.2, 0.25) is 0 Å². The fourth-order valence-corrected chi connectivity index (χ4v) is 3.05. The third-order valence-electron chi connectivity index (χ3n) is 4.37. The Morgan fingerprint density at radius 1 is 1.41 bits per heavy atom. The van der Waals surface area contributed by atoms with Crippen LogP contribution in [0.5, 0.6) is 5.75 Å². The summed E-state index contributed by atoms with van der Waals surface area (Å²) >= 11 is 0. The summed E-state index contributed by atoms with van der Waals surface area (Å²) in [7, 11) is 0. The Hall–Kier alpha value is -3.11.